The van der Waals surface area contributed by atoms with Crippen molar-refractivity contribution in [2.24, 2.45) is 0 Å². The Morgan fingerprint density at radius 2 is 2.13 bits per heavy atom. The third kappa shape index (κ3) is 2.68. The minimum Gasteiger partial charge on any atom is -0.385 e. The summed E-state index contributed by atoms with van der Waals surface area (Å²) in [6, 6.07) is 5.30. The van der Waals surface area contributed by atoms with E-state index in [2.05, 4.69) is 5.32 Å². The van der Waals surface area contributed by atoms with Crippen LogP contribution < -0.4 is 5.32 Å². The molecule has 0 amide bonds. The van der Waals surface area contributed by atoms with E-state index in [9.17, 15) is 10.1 Å². The second kappa shape index (κ2) is 4.77. The quantitative estimate of drug-likeness (QED) is 0.610. The van der Waals surface area contributed by atoms with E-state index >= 15 is 0 Å². The van der Waals surface area contributed by atoms with Gasteiger partial charge in [-0.1, -0.05) is 13.8 Å². The van der Waals surface area contributed by atoms with E-state index in [0.29, 0.717) is 0 Å². The lowest BCUT2D eigenvalue weighted by atomic mass is 10.0. The zero-order valence-corrected chi connectivity index (χ0v) is 9.28. The number of hydrogen-bond donors (Lipinski definition) is 1. The van der Waals surface area contributed by atoms with Gasteiger partial charge in [-0.25, -0.2) is 0 Å². The van der Waals surface area contributed by atoms with Gasteiger partial charge in [0.15, 0.2) is 0 Å². The Morgan fingerprint density at radius 3 is 2.60 bits per heavy atom. The summed E-state index contributed by atoms with van der Waals surface area (Å²) in [5, 5.41) is 13.9. The van der Waals surface area contributed by atoms with Crippen LogP contribution in [0, 0.1) is 10.1 Å². The normalized spacial score (nSPS) is 10.4. The van der Waals surface area contributed by atoms with E-state index in [1.165, 1.54) is 0 Å². The molecule has 1 N–H and O–H groups in total. The van der Waals surface area contributed by atoms with Crippen molar-refractivity contribution in [2.45, 2.75) is 26.7 Å². The van der Waals surface area contributed by atoms with Crippen LogP contribution in [-0.4, -0.2) is 11.5 Å². The molecule has 1 aromatic carbocycles. The molecule has 0 aliphatic carbocycles. The van der Waals surface area contributed by atoms with Gasteiger partial charge in [0, 0.05) is 23.9 Å². The number of nitrogens with zero attached hydrogens (tertiary/aromatic N) is 1. The molecule has 0 fully saturated rings. The number of benzene rings is 1. The Balaban J connectivity index is 3.15. The molecule has 4 heteroatoms. The van der Waals surface area contributed by atoms with Gasteiger partial charge in [-0.3, -0.25) is 10.1 Å². The summed E-state index contributed by atoms with van der Waals surface area (Å²) in [7, 11) is 0. The topological polar surface area (TPSA) is 55.2 Å². The van der Waals surface area contributed by atoms with Crippen LogP contribution in [0.4, 0.5) is 11.4 Å². The fourth-order valence-corrected chi connectivity index (χ4v) is 1.50. The van der Waals surface area contributed by atoms with Gasteiger partial charge in [0.05, 0.1) is 4.92 Å². The Labute approximate surface area is 89.5 Å². The van der Waals surface area contributed by atoms with Crippen molar-refractivity contribution in [3.63, 3.8) is 0 Å². The molecule has 0 aliphatic heterocycles. The summed E-state index contributed by atoms with van der Waals surface area (Å²) in [6.45, 7) is 6.63. The second-order valence-electron chi connectivity index (χ2n) is 3.72. The van der Waals surface area contributed by atoms with Crippen LogP contribution >= 0.6 is 0 Å². The summed E-state index contributed by atoms with van der Waals surface area (Å²) >= 11 is 0. The second-order valence-corrected chi connectivity index (χ2v) is 3.72. The number of hydrogen-bond acceptors (Lipinski definition) is 3. The summed E-state index contributed by atoms with van der Waals surface area (Å²) in [6.07, 6.45) is 0. The predicted molar refractivity (Wildman–Crippen MR) is 61.3 cm³/mol. The van der Waals surface area contributed by atoms with Crippen LogP contribution in [0.1, 0.15) is 32.3 Å². The van der Waals surface area contributed by atoms with Crippen LogP contribution in [-0.2, 0) is 0 Å². The van der Waals surface area contributed by atoms with Crippen molar-refractivity contribution in [3.8, 4) is 0 Å². The fraction of sp³-hybridized carbons (Fsp3) is 0.455. The Bertz CT molecular complexity index is 362. The maximum atomic E-state index is 10.9. The molecular formula is C11H16N2O2. The highest BCUT2D eigenvalue weighted by Gasteiger charge is 2.16. The number of nitro groups is 1. The Hall–Kier alpha value is -1.58. The summed E-state index contributed by atoms with van der Waals surface area (Å²) < 4.78 is 0. The highest BCUT2D eigenvalue weighted by molar-refractivity contribution is 5.56. The van der Waals surface area contributed by atoms with E-state index in [1.807, 2.05) is 32.9 Å². The van der Waals surface area contributed by atoms with Crippen LogP contribution in [0.25, 0.3) is 0 Å². The van der Waals surface area contributed by atoms with Gasteiger partial charge >= 0.3 is 0 Å². The predicted octanol–water partition coefficient (Wildman–Crippen LogP) is 3.15. The first-order chi connectivity index (χ1) is 7.06. The van der Waals surface area contributed by atoms with E-state index in [4.69, 9.17) is 0 Å². The third-order valence-electron chi connectivity index (χ3n) is 2.23. The molecule has 82 valence electrons. The fourth-order valence-electron chi connectivity index (χ4n) is 1.50. The molecule has 1 rings (SSSR count). The molecule has 0 saturated carbocycles. The van der Waals surface area contributed by atoms with E-state index in [-0.39, 0.29) is 16.5 Å². The lowest BCUT2D eigenvalue weighted by Gasteiger charge is -2.09. The van der Waals surface area contributed by atoms with Gasteiger partial charge in [-0.15, -0.1) is 0 Å². The number of nitro benzene ring substituents is 1. The largest absolute Gasteiger partial charge is 0.385 e. The number of anilines is 1. The van der Waals surface area contributed by atoms with Crippen molar-refractivity contribution >= 4 is 11.4 Å². The summed E-state index contributed by atoms with van der Waals surface area (Å²) in [4.78, 5) is 10.5. The first-order valence-electron chi connectivity index (χ1n) is 5.08. The zero-order chi connectivity index (χ0) is 11.4. The van der Waals surface area contributed by atoms with Crippen molar-refractivity contribution in [2.75, 3.05) is 11.9 Å². The lowest BCUT2D eigenvalue weighted by Crippen LogP contribution is -2.01. The van der Waals surface area contributed by atoms with Gasteiger partial charge < -0.3 is 5.32 Å². The summed E-state index contributed by atoms with van der Waals surface area (Å²) in [5.41, 5.74) is 1.78. The molecule has 4 nitrogen and oxygen atoms in total. The first-order valence-corrected chi connectivity index (χ1v) is 5.08. The van der Waals surface area contributed by atoms with Crippen LogP contribution in [0.15, 0.2) is 18.2 Å². The minimum absolute atomic E-state index is 0.168. The molecule has 0 spiro atoms. The maximum absolute atomic E-state index is 10.9. The molecule has 0 unspecified atom stereocenters. The third-order valence-corrected chi connectivity index (χ3v) is 2.23. The molecule has 0 aliphatic rings. The average molecular weight is 208 g/mol. The van der Waals surface area contributed by atoms with Crippen LogP contribution in [0.5, 0.6) is 0 Å². The van der Waals surface area contributed by atoms with Crippen molar-refractivity contribution < 1.29 is 4.92 Å². The van der Waals surface area contributed by atoms with Gasteiger partial charge in [0.25, 0.3) is 5.69 Å². The first kappa shape index (κ1) is 11.5. The number of rotatable bonds is 4. The van der Waals surface area contributed by atoms with E-state index in [0.717, 1.165) is 17.8 Å². The van der Waals surface area contributed by atoms with Gasteiger partial charge in [-0.05, 0) is 25.0 Å². The monoisotopic (exact) mass is 208 g/mol. The smallest absolute Gasteiger partial charge is 0.274 e. The molecule has 0 heterocycles. The van der Waals surface area contributed by atoms with Crippen molar-refractivity contribution in [1.29, 1.82) is 0 Å². The number of nitrogens with one attached hydrogen (secondary N) is 1. The molecule has 0 bridgehead atoms. The molecule has 0 radical (unpaired) electrons. The van der Waals surface area contributed by atoms with Crippen molar-refractivity contribution in [1.82, 2.24) is 0 Å². The standard InChI is InChI=1S/C11H16N2O2/c1-4-12-9-5-6-10(8(2)3)11(7-9)13(14)15/h5-8,12H,4H2,1-3H3. The molecule has 0 saturated heterocycles. The average Bonchev–Trinajstić information content (AvgIpc) is 2.17. The molecule has 0 aromatic heterocycles. The lowest BCUT2D eigenvalue weighted by molar-refractivity contribution is -0.385. The van der Waals surface area contributed by atoms with Crippen molar-refractivity contribution in [3.05, 3.63) is 33.9 Å². The van der Waals surface area contributed by atoms with Crippen LogP contribution in [0.3, 0.4) is 0 Å². The van der Waals surface area contributed by atoms with E-state index < -0.39 is 0 Å². The van der Waals surface area contributed by atoms with E-state index in [1.54, 1.807) is 6.07 Å². The molecule has 0 atom stereocenters. The molecule has 1 aromatic rings. The molecule has 15 heavy (non-hydrogen) atoms. The highest BCUT2D eigenvalue weighted by Crippen LogP contribution is 2.28. The highest BCUT2D eigenvalue weighted by atomic mass is 16.6. The maximum Gasteiger partial charge on any atom is 0.274 e. The molecular weight excluding hydrogens is 192 g/mol. The van der Waals surface area contributed by atoms with Crippen LogP contribution in [0.2, 0.25) is 0 Å². The van der Waals surface area contributed by atoms with Gasteiger partial charge in [0.2, 0.25) is 0 Å². The van der Waals surface area contributed by atoms with Gasteiger partial charge in [-0.2, -0.15) is 0 Å². The van der Waals surface area contributed by atoms with Gasteiger partial charge in [0.1, 0.15) is 0 Å². The minimum atomic E-state index is -0.323. The Morgan fingerprint density at radius 1 is 1.47 bits per heavy atom. The Kier molecular flexibility index (Phi) is 3.66. The zero-order valence-electron chi connectivity index (χ0n) is 9.28. The SMILES string of the molecule is CCNc1ccc(C(C)C)c([N+](=O)[O-])c1. The summed E-state index contributed by atoms with van der Waals surface area (Å²) in [5.74, 6) is 0.168.